The standard InChI is InChI=1S/C29H24N6O4/c1-39-25-11-9-23-28(34-25)35(27(32-23)21-3-2-12-31-26(21)30)19-6-7-20-16(14-19)4-8-22(20)33-29(38)17-5-10-24(37)18(13-17)15-36/h2-3,5-7,9-15,22,37H,4,8H2,1H3,(H2,30,31)(H,33,38)/t22-/m0/s1. The number of hydrogen-bond donors (Lipinski definition) is 3. The van der Waals surface area contributed by atoms with Crippen molar-refractivity contribution in [2.24, 2.45) is 0 Å². The zero-order valence-electron chi connectivity index (χ0n) is 21.0. The first kappa shape index (κ1) is 24.1. The third-order valence-corrected chi connectivity index (χ3v) is 6.95. The van der Waals surface area contributed by atoms with Gasteiger partial charge >= 0.3 is 0 Å². The van der Waals surface area contributed by atoms with Crippen molar-refractivity contribution in [3.05, 3.63) is 89.1 Å². The lowest BCUT2D eigenvalue weighted by Crippen LogP contribution is -2.27. The Bertz CT molecular complexity index is 1760. The SMILES string of the molecule is COc1ccc2nc(-c3cccnc3N)n(-c3ccc4c(c3)CC[C@@H]4NC(=O)c3ccc(O)c(C=O)c3)c2n1. The number of carbonyl (C=O) groups excluding carboxylic acids is 2. The summed E-state index contributed by atoms with van der Waals surface area (Å²) in [6.45, 7) is 0. The summed E-state index contributed by atoms with van der Waals surface area (Å²) in [5.74, 6) is 0.956. The van der Waals surface area contributed by atoms with E-state index in [1.54, 1.807) is 19.4 Å². The van der Waals surface area contributed by atoms with Gasteiger partial charge in [-0.2, -0.15) is 4.98 Å². The largest absolute Gasteiger partial charge is 0.507 e. The number of aldehydes is 1. The smallest absolute Gasteiger partial charge is 0.251 e. The van der Waals surface area contributed by atoms with Gasteiger partial charge in [-0.3, -0.25) is 14.2 Å². The van der Waals surface area contributed by atoms with Crippen LogP contribution in [0.1, 0.15) is 44.3 Å². The fourth-order valence-corrected chi connectivity index (χ4v) is 5.01. The normalized spacial score (nSPS) is 14.2. The van der Waals surface area contributed by atoms with E-state index in [9.17, 15) is 14.7 Å². The molecule has 0 spiro atoms. The van der Waals surface area contributed by atoms with Crippen molar-refractivity contribution in [2.75, 3.05) is 12.8 Å². The number of phenols is 1. The van der Waals surface area contributed by atoms with Crippen molar-refractivity contribution in [3.63, 3.8) is 0 Å². The first-order chi connectivity index (χ1) is 19.0. The number of fused-ring (bicyclic) bond motifs is 2. The molecule has 0 aliphatic heterocycles. The maximum absolute atomic E-state index is 12.9. The number of nitrogen functional groups attached to an aromatic ring is 1. The average Bonchev–Trinajstić information content (AvgIpc) is 3.53. The number of ether oxygens (including phenoxy) is 1. The Morgan fingerprint density at radius 2 is 2.03 bits per heavy atom. The second-order valence-corrected chi connectivity index (χ2v) is 9.24. The number of methoxy groups -OCH3 is 1. The predicted molar refractivity (Wildman–Crippen MR) is 145 cm³/mol. The van der Waals surface area contributed by atoms with Crippen LogP contribution in [-0.4, -0.2) is 43.9 Å². The fourth-order valence-electron chi connectivity index (χ4n) is 5.01. The van der Waals surface area contributed by atoms with Crippen LogP contribution in [0.3, 0.4) is 0 Å². The lowest BCUT2D eigenvalue weighted by atomic mass is 10.1. The van der Waals surface area contributed by atoms with Gasteiger partial charge < -0.3 is 20.9 Å². The number of rotatable bonds is 6. The maximum atomic E-state index is 12.9. The summed E-state index contributed by atoms with van der Waals surface area (Å²) in [5, 5.41) is 12.8. The Kier molecular flexibility index (Phi) is 5.91. The quantitative estimate of drug-likeness (QED) is 0.285. The van der Waals surface area contributed by atoms with Gasteiger partial charge in [0.1, 0.15) is 17.1 Å². The van der Waals surface area contributed by atoms with Crippen LogP contribution >= 0.6 is 0 Å². The van der Waals surface area contributed by atoms with Gasteiger partial charge in [0.2, 0.25) is 5.88 Å². The fraction of sp³-hybridized carbons (Fsp3) is 0.138. The number of carbonyl (C=O) groups is 2. The number of aromatic hydroxyl groups is 1. The van der Waals surface area contributed by atoms with Crippen molar-refractivity contribution >= 4 is 29.2 Å². The van der Waals surface area contributed by atoms with E-state index < -0.39 is 0 Å². The molecule has 4 N–H and O–H groups in total. The summed E-state index contributed by atoms with van der Waals surface area (Å²) >= 11 is 0. The number of benzene rings is 2. The summed E-state index contributed by atoms with van der Waals surface area (Å²) in [5.41, 5.74) is 11.5. The highest BCUT2D eigenvalue weighted by Crippen LogP contribution is 2.36. The lowest BCUT2D eigenvalue weighted by Gasteiger charge is -2.16. The third kappa shape index (κ3) is 4.21. The van der Waals surface area contributed by atoms with Gasteiger partial charge in [0.25, 0.3) is 5.91 Å². The number of aryl methyl sites for hydroxylation is 1. The van der Waals surface area contributed by atoms with E-state index in [1.165, 1.54) is 18.2 Å². The maximum Gasteiger partial charge on any atom is 0.251 e. The van der Waals surface area contributed by atoms with Crippen LogP contribution in [0.5, 0.6) is 11.6 Å². The number of anilines is 1. The Morgan fingerprint density at radius 3 is 2.82 bits per heavy atom. The summed E-state index contributed by atoms with van der Waals surface area (Å²) in [4.78, 5) is 37.8. The molecule has 39 heavy (non-hydrogen) atoms. The van der Waals surface area contributed by atoms with Crippen LogP contribution in [0.25, 0.3) is 28.2 Å². The van der Waals surface area contributed by atoms with Crippen LogP contribution in [-0.2, 0) is 6.42 Å². The molecule has 10 nitrogen and oxygen atoms in total. The van der Waals surface area contributed by atoms with Crippen molar-refractivity contribution < 1.29 is 19.4 Å². The molecule has 5 aromatic rings. The molecule has 0 unspecified atom stereocenters. The van der Waals surface area contributed by atoms with Gasteiger partial charge in [0.15, 0.2) is 17.8 Å². The molecule has 194 valence electrons. The van der Waals surface area contributed by atoms with Crippen molar-refractivity contribution in [2.45, 2.75) is 18.9 Å². The van der Waals surface area contributed by atoms with Gasteiger partial charge in [0.05, 0.1) is 24.3 Å². The number of phenolic OH excluding ortho intramolecular Hbond substituents is 1. The minimum atomic E-state index is -0.314. The molecule has 0 radical (unpaired) electrons. The Morgan fingerprint density at radius 1 is 1.15 bits per heavy atom. The minimum Gasteiger partial charge on any atom is -0.507 e. The molecule has 3 heterocycles. The van der Waals surface area contributed by atoms with Crippen LogP contribution in [0.15, 0.2) is 66.9 Å². The van der Waals surface area contributed by atoms with Crippen molar-refractivity contribution in [3.8, 4) is 28.7 Å². The molecule has 0 saturated heterocycles. The summed E-state index contributed by atoms with van der Waals surface area (Å²) < 4.78 is 7.31. The molecule has 1 amide bonds. The zero-order valence-corrected chi connectivity index (χ0v) is 21.0. The second kappa shape index (κ2) is 9.56. The van der Waals surface area contributed by atoms with Gasteiger partial charge in [-0.15, -0.1) is 0 Å². The van der Waals surface area contributed by atoms with Gasteiger partial charge in [-0.25, -0.2) is 9.97 Å². The molecule has 3 aromatic heterocycles. The molecule has 1 aliphatic rings. The number of nitrogens with zero attached hydrogens (tertiary/aromatic N) is 4. The van der Waals surface area contributed by atoms with E-state index in [4.69, 9.17) is 15.5 Å². The molecule has 1 aliphatic carbocycles. The second-order valence-electron chi connectivity index (χ2n) is 9.24. The van der Waals surface area contributed by atoms with Crippen LogP contribution in [0.2, 0.25) is 0 Å². The number of hydrogen-bond acceptors (Lipinski definition) is 8. The highest BCUT2D eigenvalue weighted by Gasteiger charge is 2.26. The first-order valence-corrected chi connectivity index (χ1v) is 12.3. The van der Waals surface area contributed by atoms with Gasteiger partial charge in [-0.1, -0.05) is 6.07 Å². The summed E-state index contributed by atoms with van der Waals surface area (Å²) in [7, 11) is 1.57. The lowest BCUT2D eigenvalue weighted by molar-refractivity contribution is 0.0936. The van der Waals surface area contributed by atoms with Gasteiger partial charge in [-0.05, 0) is 72.5 Å². The molecular weight excluding hydrogens is 496 g/mol. The molecule has 6 rings (SSSR count). The van der Waals surface area contributed by atoms with E-state index in [-0.39, 0.29) is 23.3 Å². The first-order valence-electron chi connectivity index (χ1n) is 12.3. The third-order valence-electron chi connectivity index (χ3n) is 6.95. The highest BCUT2D eigenvalue weighted by atomic mass is 16.5. The number of nitrogens with two attached hydrogens (primary N) is 1. The molecule has 0 fully saturated rings. The number of amides is 1. The van der Waals surface area contributed by atoms with E-state index in [2.05, 4.69) is 21.4 Å². The summed E-state index contributed by atoms with van der Waals surface area (Å²) in [6, 6.07) is 17.4. The Balaban J connectivity index is 1.38. The Labute approximate surface area is 223 Å². The Hall–Kier alpha value is -5.25. The summed E-state index contributed by atoms with van der Waals surface area (Å²) in [6.07, 6.45) is 3.64. The molecule has 2 aromatic carbocycles. The average molecular weight is 521 g/mol. The zero-order chi connectivity index (χ0) is 27.1. The van der Waals surface area contributed by atoms with E-state index in [0.29, 0.717) is 46.1 Å². The molecule has 10 heteroatoms. The topological polar surface area (TPSA) is 145 Å². The van der Waals surface area contributed by atoms with E-state index in [1.807, 2.05) is 34.9 Å². The van der Waals surface area contributed by atoms with E-state index in [0.717, 1.165) is 29.7 Å². The molecule has 1 atom stereocenters. The van der Waals surface area contributed by atoms with Crippen molar-refractivity contribution in [1.29, 1.82) is 0 Å². The highest BCUT2D eigenvalue weighted by molar-refractivity contribution is 5.96. The van der Waals surface area contributed by atoms with E-state index >= 15 is 0 Å². The number of aromatic nitrogens is 4. The van der Waals surface area contributed by atoms with Crippen LogP contribution in [0.4, 0.5) is 5.82 Å². The number of imidazole rings is 1. The van der Waals surface area contributed by atoms with Crippen LogP contribution < -0.4 is 15.8 Å². The van der Waals surface area contributed by atoms with Gasteiger partial charge in [0, 0.05) is 23.5 Å². The number of pyridine rings is 2. The minimum absolute atomic E-state index is 0.0713. The van der Waals surface area contributed by atoms with Crippen LogP contribution in [0, 0.1) is 0 Å². The number of nitrogens with one attached hydrogen (secondary N) is 1. The monoisotopic (exact) mass is 520 g/mol. The molecule has 0 bridgehead atoms. The van der Waals surface area contributed by atoms with Crippen molar-refractivity contribution in [1.82, 2.24) is 24.8 Å². The molecule has 0 saturated carbocycles. The molecular formula is C29H24N6O4. The predicted octanol–water partition coefficient (Wildman–Crippen LogP) is 4.01.